The zero-order chi connectivity index (χ0) is 10.7. The normalized spacial score (nSPS) is 9.71. The first-order valence-corrected chi connectivity index (χ1v) is 4.90. The van der Waals surface area contributed by atoms with Crippen molar-refractivity contribution in [2.24, 2.45) is 0 Å². The molecule has 0 saturated heterocycles. The van der Waals surface area contributed by atoms with E-state index in [1.807, 2.05) is 14.1 Å². The highest BCUT2D eigenvalue weighted by Crippen LogP contribution is 2.19. The first kappa shape index (κ1) is 11.0. The van der Waals surface area contributed by atoms with Crippen LogP contribution >= 0.6 is 15.9 Å². The summed E-state index contributed by atoms with van der Waals surface area (Å²) in [7, 11) is 5.30. The maximum atomic E-state index is 11.5. The molecule has 0 radical (unpaired) electrons. The molecule has 76 valence electrons. The number of pyridine rings is 1. The van der Waals surface area contributed by atoms with Gasteiger partial charge in [-0.3, -0.25) is 4.79 Å². The van der Waals surface area contributed by atoms with Gasteiger partial charge in [-0.05, 0) is 22.0 Å². The van der Waals surface area contributed by atoms with Crippen molar-refractivity contribution in [1.29, 1.82) is 0 Å². The molecule has 1 aromatic rings. The Morgan fingerprint density at radius 2 is 2.21 bits per heavy atom. The minimum absolute atomic E-state index is 0.137. The molecule has 0 aromatic carbocycles. The van der Waals surface area contributed by atoms with Crippen molar-refractivity contribution < 1.29 is 4.79 Å². The van der Waals surface area contributed by atoms with Gasteiger partial charge in [0.25, 0.3) is 5.91 Å². The fraction of sp³-hybridized carbons (Fsp3) is 0.333. The van der Waals surface area contributed by atoms with Crippen LogP contribution in [0, 0.1) is 0 Å². The van der Waals surface area contributed by atoms with Crippen molar-refractivity contribution in [2.45, 2.75) is 0 Å². The second-order valence-electron chi connectivity index (χ2n) is 3.00. The smallest absolute Gasteiger partial charge is 0.254 e. The Morgan fingerprint density at radius 1 is 1.57 bits per heavy atom. The molecule has 1 rings (SSSR count). The molecule has 0 bridgehead atoms. The summed E-state index contributed by atoms with van der Waals surface area (Å²) in [6, 6.07) is 1.75. The fourth-order valence-electron chi connectivity index (χ4n) is 1.09. The number of halogens is 1. The standard InChI is InChI=1S/C9H12BrN3O/c1-11-9(14)7-4-6(10)5-12-8(7)13(2)3/h4-5H,1-3H3,(H,11,14). The minimum Gasteiger partial charge on any atom is -0.362 e. The summed E-state index contributed by atoms with van der Waals surface area (Å²) < 4.78 is 0.793. The molecule has 0 unspecified atom stereocenters. The summed E-state index contributed by atoms with van der Waals surface area (Å²) in [6.07, 6.45) is 1.67. The zero-order valence-corrected chi connectivity index (χ0v) is 9.92. The summed E-state index contributed by atoms with van der Waals surface area (Å²) in [5.41, 5.74) is 0.562. The van der Waals surface area contributed by atoms with Crippen LogP contribution in [0.2, 0.25) is 0 Å². The second-order valence-corrected chi connectivity index (χ2v) is 3.91. The van der Waals surface area contributed by atoms with Crippen molar-refractivity contribution in [3.05, 3.63) is 22.3 Å². The Labute approximate surface area is 91.4 Å². The van der Waals surface area contributed by atoms with Gasteiger partial charge in [-0.15, -0.1) is 0 Å². The number of carbonyl (C=O) groups excluding carboxylic acids is 1. The molecule has 1 N–H and O–H groups in total. The van der Waals surface area contributed by atoms with E-state index in [4.69, 9.17) is 0 Å². The van der Waals surface area contributed by atoms with Gasteiger partial charge in [0.15, 0.2) is 0 Å². The van der Waals surface area contributed by atoms with Gasteiger partial charge in [-0.2, -0.15) is 0 Å². The van der Waals surface area contributed by atoms with Crippen LogP contribution in [-0.4, -0.2) is 32.0 Å². The van der Waals surface area contributed by atoms with Gasteiger partial charge in [0, 0.05) is 31.8 Å². The van der Waals surface area contributed by atoms with E-state index in [0.717, 1.165) is 4.47 Å². The first-order valence-electron chi connectivity index (χ1n) is 4.11. The van der Waals surface area contributed by atoms with Crippen LogP contribution in [0.3, 0.4) is 0 Å². The molecular weight excluding hydrogens is 246 g/mol. The number of aromatic nitrogens is 1. The van der Waals surface area contributed by atoms with Crippen molar-refractivity contribution >= 4 is 27.7 Å². The van der Waals surface area contributed by atoms with E-state index in [2.05, 4.69) is 26.2 Å². The molecule has 0 aliphatic rings. The van der Waals surface area contributed by atoms with E-state index < -0.39 is 0 Å². The molecule has 1 amide bonds. The number of rotatable bonds is 2. The highest BCUT2D eigenvalue weighted by molar-refractivity contribution is 9.10. The van der Waals surface area contributed by atoms with E-state index in [-0.39, 0.29) is 5.91 Å². The van der Waals surface area contributed by atoms with Crippen LogP contribution in [0.5, 0.6) is 0 Å². The molecule has 0 atom stereocenters. The summed E-state index contributed by atoms with van der Waals surface area (Å²) in [4.78, 5) is 17.5. The summed E-state index contributed by atoms with van der Waals surface area (Å²) >= 11 is 3.28. The number of hydrogen-bond acceptors (Lipinski definition) is 3. The van der Waals surface area contributed by atoms with Crippen LogP contribution in [-0.2, 0) is 0 Å². The summed E-state index contributed by atoms with van der Waals surface area (Å²) in [5.74, 6) is 0.523. The molecule has 5 heteroatoms. The molecule has 4 nitrogen and oxygen atoms in total. The van der Waals surface area contributed by atoms with Gasteiger partial charge in [0.2, 0.25) is 0 Å². The van der Waals surface area contributed by atoms with Gasteiger partial charge < -0.3 is 10.2 Å². The average Bonchev–Trinajstić information content (AvgIpc) is 2.16. The predicted molar refractivity (Wildman–Crippen MR) is 59.7 cm³/mol. The number of hydrogen-bond donors (Lipinski definition) is 1. The number of amides is 1. The molecule has 0 aliphatic heterocycles. The third-order valence-electron chi connectivity index (χ3n) is 1.73. The average molecular weight is 258 g/mol. The largest absolute Gasteiger partial charge is 0.362 e. The fourth-order valence-corrected chi connectivity index (χ4v) is 1.42. The Kier molecular flexibility index (Phi) is 3.46. The molecule has 14 heavy (non-hydrogen) atoms. The molecule has 1 aromatic heterocycles. The van der Waals surface area contributed by atoms with E-state index in [9.17, 15) is 4.79 Å². The van der Waals surface area contributed by atoms with Gasteiger partial charge >= 0.3 is 0 Å². The van der Waals surface area contributed by atoms with Gasteiger partial charge in [-0.1, -0.05) is 0 Å². The van der Waals surface area contributed by atoms with Crippen LogP contribution in [0.25, 0.3) is 0 Å². The molecule has 0 saturated carbocycles. The molecule has 0 aliphatic carbocycles. The van der Waals surface area contributed by atoms with E-state index in [1.54, 1.807) is 24.2 Å². The van der Waals surface area contributed by atoms with Crippen LogP contribution in [0.1, 0.15) is 10.4 Å². The number of nitrogens with one attached hydrogen (secondary N) is 1. The summed E-state index contributed by atoms with van der Waals surface area (Å²) in [6.45, 7) is 0. The number of anilines is 1. The zero-order valence-electron chi connectivity index (χ0n) is 8.34. The first-order chi connectivity index (χ1) is 6.56. The van der Waals surface area contributed by atoms with Crippen molar-refractivity contribution in [3.63, 3.8) is 0 Å². The minimum atomic E-state index is -0.137. The summed E-state index contributed by atoms with van der Waals surface area (Å²) in [5, 5.41) is 2.58. The van der Waals surface area contributed by atoms with Crippen LogP contribution in [0.15, 0.2) is 16.7 Å². The lowest BCUT2D eigenvalue weighted by molar-refractivity contribution is 0.0963. The lowest BCUT2D eigenvalue weighted by atomic mass is 10.2. The van der Waals surface area contributed by atoms with Crippen LogP contribution in [0.4, 0.5) is 5.82 Å². The quantitative estimate of drug-likeness (QED) is 0.868. The van der Waals surface area contributed by atoms with Crippen molar-refractivity contribution in [3.8, 4) is 0 Å². The Morgan fingerprint density at radius 3 is 2.71 bits per heavy atom. The second kappa shape index (κ2) is 4.41. The Bertz CT molecular complexity index is 352. The number of nitrogens with zero attached hydrogens (tertiary/aromatic N) is 2. The van der Waals surface area contributed by atoms with Crippen molar-refractivity contribution in [1.82, 2.24) is 10.3 Å². The highest BCUT2D eigenvalue weighted by Gasteiger charge is 2.13. The lowest BCUT2D eigenvalue weighted by Crippen LogP contribution is -2.23. The molecule has 1 heterocycles. The van der Waals surface area contributed by atoms with Crippen LogP contribution < -0.4 is 10.2 Å². The third kappa shape index (κ3) is 2.23. The lowest BCUT2D eigenvalue weighted by Gasteiger charge is -2.15. The SMILES string of the molecule is CNC(=O)c1cc(Br)cnc1N(C)C. The van der Waals surface area contributed by atoms with E-state index >= 15 is 0 Å². The predicted octanol–water partition coefficient (Wildman–Crippen LogP) is 1.27. The van der Waals surface area contributed by atoms with Gasteiger partial charge in [-0.25, -0.2) is 4.98 Å². The maximum absolute atomic E-state index is 11.5. The Balaban J connectivity index is 3.22. The highest BCUT2D eigenvalue weighted by atomic mass is 79.9. The third-order valence-corrected chi connectivity index (χ3v) is 2.16. The van der Waals surface area contributed by atoms with E-state index in [1.165, 1.54) is 0 Å². The van der Waals surface area contributed by atoms with Crippen molar-refractivity contribution in [2.75, 3.05) is 26.0 Å². The van der Waals surface area contributed by atoms with E-state index in [0.29, 0.717) is 11.4 Å². The monoisotopic (exact) mass is 257 g/mol. The topological polar surface area (TPSA) is 45.2 Å². The van der Waals surface area contributed by atoms with Gasteiger partial charge in [0.05, 0.1) is 5.56 Å². The van der Waals surface area contributed by atoms with Gasteiger partial charge in [0.1, 0.15) is 5.82 Å². The molecular formula is C9H12BrN3O. The molecule has 0 spiro atoms. The maximum Gasteiger partial charge on any atom is 0.254 e. The number of carbonyl (C=O) groups is 1. The molecule has 0 fully saturated rings. The Hall–Kier alpha value is -1.10.